The largest absolute Gasteiger partial charge is 0.472 e. The molecule has 0 aromatic rings. The van der Waals surface area contributed by atoms with Crippen molar-refractivity contribution in [2.45, 2.75) is 302 Å². The van der Waals surface area contributed by atoms with E-state index in [9.17, 15) is 19.0 Å². The molecule has 0 bridgehead atoms. The summed E-state index contributed by atoms with van der Waals surface area (Å²) in [4.78, 5) is 35.5. The molecule has 2 unspecified atom stereocenters. The third-order valence-electron chi connectivity index (χ3n) is 13.1. The van der Waals surface area contributed by atoms with Gasteiger partial charge in [0.25, 0.3) is 0 Å². The molecule has 0 rings (SSSR count). The van der Waals surface area contributed by atoms with Gasteiger partial charge in [0.15, 0.2) is 6.10 Å². The number of rotatable bonds is 54. The lowest BCUT2D eigenvalue weighted by Crippen LogP contribution is -2.37. The average Bonchev–Trinajstić information content (AvgIpc) is 3.27. The average molecular weight is 959 g/mol. The first-order valence-electron chi connectivity index (χ1n) is 28.8. The molecule has 0 fully saturated rings. The van der Waals surface area contributed by atoms with E-state index in [0.717, 1.165) is 38.5 Å². The van der Waals surface area contributed by atoms with Crippen LogP contribution in [0.5, 0.6) is 0 Å². The van der Waals surface area contributed by atoms with E-state index >= 15 is 0 Å². The minimum Gasteiger partial charge on any atom is -0.462 e. The monoisotopic (exact) mass is 959 g/mol. The molecule has 0 saturated carbocycles. The van der Waals surface area contributed by atoms with Crippen molar-refractivity contribution >= 4 is 19.8 Å². The fourth-order valence-corrected chi connectivity index (χ4v) is 9.41. The Balaban J connectivity index is 3.90. The maximum absolute atomic E-state index is 12.8. The van der Waals surface area contributed by atoms with Gasteiger partial charge in [-0.2, -0.15) is 0 Å². The topological polar surface area (TPSA) is 108 Å². The normalized spacial score (nSPS) is 13.2. The summed E-state index contributed by atoms with van der Waals surface area (Å²) in [5.41, 5.74) is 0. The second-order valence-electron chi connectivity index (χ2n) is 21.0. The van der Waals surface area contributed by atoms with Crippen LogP contribution >= 0.6 is 7.82 Å². The molecule has 0 radical (unpaired) electrons. The van der Waals surface area contributed by atoms with Crippen LogP contribution in [0.3, 0.4) is 0 Å². The van der Waals surface area contributed by atoms with Crippen LogP contribution < -0.4 is 0 Å². The Labute approximate surface area is 410 Å². The molecule has 1 N–H and O–H groups in total. The summed E-state index contributed by atoms with van der Waals surface area (Å²) >= 11 is 0. The smallest absolute Gasteiger partial charge is 0.462 e. The predicted molar refractivity (Wildman–Crippen MR) is 280 cm³/mol. The fourth-order valence-electron chi connectivity index (χ4n) is 8.67. The van der Waals surface area contributed by atoms with Crippen molar-refractivity contribution < 1.29 is 42.1 Å². The molecule has 66 heavy (non-hydrogen) atoms. The molecule has 10 heteroatoms. The molecular formula is C56H113NO8P+. The van der Waals surface area contributed by atoms with Gasteiger partial charge in [-0.15, -0.1) is 0 Å². The zero-order valence-electron chi connectivity index (χ0n) is 44.7. The van der Waals surface area contributed by atoms with Gasteiger partial charge in [-0.05, 0) is 12.8 Å². The summed E-state index contributed by atoms with van der Waals surface area (Å²) in [5.74, 6) is -0.781. The lowest BCUT2D eigenvalue weighted by molar-refractivity contribution is -0.870. The highest BCUT2D eigenvalue weighted by Crippen LogP contribution is 2.43. The number of unbranched alkanes of at least 4 members (excludes halogenated alkanes) is 40. The van der Waals surface area contributed by atoms with Gasteiger partial charge in [-0.1, -0.05) is 271 Å². The maximum atomic E-state index is 12.8. The van der Waals surface area contributed by atoms with E-state index in [2.05, 4.69) is 13.8 Å². The fraction of sp³-hybridized carbons (Fsp3) is 0.964. The summed E-state index contributed by atoms with van der Waals surface area (Å²) in [7, 11) is 1.50. The van der Waals surface area contributed by atoms with Crippen LogP contribution in [0.25, 0.3) is 0 Å². The number of phosphoric ester groups is 1. The van der Waals surface area contributed by atoms with Gasteiger partial charge in [0, 0.05) is 12.8 Å². The standard InChI is InChI=1S/C56H112NO8P/c1-6-8-10-12-14-16-18-19-20-21-22-23-24-25-26-27-28-29-30-31-32-33-34-35-36-37-38-39-41-43-45-47-49-56(59)65-54(53-64-66(60,61)63-51-50-57(3,4)5)52-62-55(58)48-46-44-42-40-17-15-13-11-9-7-2/h54H,6-53H2,1-5H3/p+1. The Morgan fingerprint density at radius 3 is 0.970 bits per heavy atom. The molecule has 0 aliphatic heterocycles. The molecule has 0 aromatic heterocycles. The molecule has 0 spiro atoms. The molecule has 394 valence electrons. The number of esters is 2. The van der Waals surface area contributed by atoms with Gasteiger partial charge < -0.3 is 18.9 Å². The number of quaternary nitrogens is 1. The molecule has 0 heterocycles. The Morgan fingerprint density at radius 2 is 0.682 bits per heavy atom. The predicted octanol–water partition coefficient (Wildman–Crippen LogP) is 17.5. The van der Waals surface area contributed by atoms with Crippen LogP contribution in [0, 0.1) is 0 Å². The SMILES string of the molecule is CCCCCCCCCCCCCCCCCCCCCCCCCCCCCCCCCCC(=O)OC(COC(=O)CCCCCCCCCCCC)COP(=O)(O)OCC[N+](C)(C)C. The number of carbonyl (C=O) groups excluding carboxylic acids is 2. The van der Waals surface area contributed by atoms with Crippen molar-refractivity contribution in [2.24, 2.45) is 0 Å². The molecule has 2 atom stereocenters. The van der Waals surface area contributed by atoms with E-state index in [1.54, 1.807) is 0 Å². The molecule has 0 aliphatic rings. The zero-order valence-corrected chi connectivity index (χ0v) is 45.6. The van der Waals surface area contributed by atoms with Crippen molar-refractivity contribution in [3.8, 4) is 0 Å². The number of carbonyl (C=O) groups is 2. The summed E-state index contributed by atoms with van der Waals surface area (Å²) in [5, 5.41) is 0. The molecule has 0 saturated heterocycles. The van der Waals surface area contributed by atoms with E-state index in [1.165, 1.54) is 231 Å². The highest BCUT2D eigenvalue weighted by molar-refractivity contribution is 7.47. The number of hydrogen-bond acceptors (Lipinski definition) is 7. The second kappa shape index (κ2) is 49.0. The van der Waals surface area contributed by atoms with Crippen molar-refractivity contribution in [1.29, 1.82) is 0 Å². The Bertz CT molecular complexity index is 1080. The van der Waals surface area contributed by atoms with E-state index < -0.39 is 26.5 Å². The summed E-state index contributed by atoms with van der Waals surface area (Å²) < 4.78 is 34.4. The number of likely N-dealkylation sites (N-methyl/N-ethyl adjacent to an activating group) is 1. The van der Waals surface area contributed by atoms with Gasteiger partial charge in [0.05, 0.1) is 27.7 Å². The van der Waals surface area contributed by atoms with Crippen molar-refractivity contribution in [3.63, 3.8) is 0 Å². The van der Waals surface area contributed by atoms with Gasteiger partial charge in [0.1, 0.15) is 19.8 Å². The van der Waals surface area contributed by atoms with Gasteiger partial charge in [0.2, 0.25) is 0 Å². The molecular weight excluding hydrogens is 846 g/mol. The minimum atomic E-state index is -4.37. The maximum Gasteiger partial charge on any atom is 0.472 e. The van der Waals surface area contributed by atoms with Crippen molar-refractivity contribution in [1.82, 2.24) is 0 Å². The minimum absolute atomic E-state index is 0.0370. The second-order valence-corrected chi connectivity index (χ2v) is 22.5. The number of hydrogen-bond donors (Lipinski definition) is 1. The van der Waals surface area contributed by atoms with Crippen LogP contribution in [0.1, 0.15) is 296 Å². The highest BCUT2D eigenvalue weighted by Gasteiger charge is 2.27. The van der Waals surface area contributed by atoms with Crippen LogP contribution in [0.4, 0.5) is 0 Å². The third-order valence-corrected chi connectivity index (χ3v) is 14.1. The molecule has 9 nitrogen and oxygen atoms in total. The summed E-state index contributed by atoms with van der Waals surface area (Å²) in [6.45, 7) is 4.47. The summed E-state index contributed by atoms with van der Waals surface area (Å²) in [6.07, 6.45) is 54.9. The number of ether oxygens (including phenoxy) is 2. The van der Waals surface area contributed by atoms with Crippen molar-refractivity contribution in [3.05, 3.63) is 0 Å². The first-order chi connectivity index (χ1) is 32.0. The number of phosphoric acid groups is 1. The third kappa shape index (κ3) is 52.4. The Morgan fingerprint density at radius 1 is 0.409 bits per heavy atom. The van der Waals surface area contributed by atoms with Crippen LogP contribution in [-0.2, 0) is 32.7 Å². The number of nitrogens with zero attached hydrogens (tertiary/aromatic N) is 1. The van der Waals surface area contributed by atoms with E-state index in [1.807, 2.05) is 21.1 Å². The van der Waals surface area contributed by atoms with Crippen LogP contribution in [0.15, 0.2) is 0 Å². The highest BCUT2D eigenvalue weighted by atomic mass is 31.2. The quantitative estimate of drug-likeness (QED) is 0.0278. The Kier molecular flexibility index (Phi) is 48.3. The van der Waals surface area contributed by atoms with Gasteiger partial charge >= 0.3 is 19.8 Å². The lowest BCUT2D eigenvalue weighted by atomic mass is 10.0. The van der Waals surface area contributed by atoms with Gasteiger partial charge in [-0.3, -0.25) is 18.6 Å². The zero-order chi connectivity index (χ0) is 48.5. The first kappa shape index (κ1) is 65.0. The van der Waals surface area contributed by atoms with Crippen LogP contribution in [0.2, 0.25) is 0 Å². The molecule has 0 aliphatic carbocycles. The van der Waals surface area contributed by atoms with Crippen molar-refractivity contribution in [2.75, 3.05) is 47.5 Å². The lowest BCUT2D eigenvalue weighted by Gasteiger charge is -2.24. The van der Waals surface area contributed by atoms with E-state index in [4.69, 9.17) is 18.5 Å². The molecule has 0 aromatic carbocycles. The molecule has 0 amide bonds. The van der Waals surface area contributed by atoms with Crippen LogP contribution in [-0.4, -0.2) is 74.9 Å². The van der Waals surface area contributed by atoms with E-state index in [0.29, 0.717) is 17.4 Å². The Hall–Kier alpha value is -0.990. The van der Waals surface area contributed by atoms with E-state index in [-0.39, 0.29) is 25.6 Å². The first-order valence-corrected chi connectivity index (χ1v) is 30.3. The summed E-state index contributed by atoms with van der Waals surface area (Å²) in [6, 6.07) is 0. The van der Waals surface area contributed by atoms with Gasteiger partial charge in [-0.25, -0.2) is 4.57 Å².